The van der Waals surface area contributed by atoms with Gasteiger partial charge in [-0.05, 0) is 65.8 Å². The van der Waals surface area contributed by atoms with E-state index in [1.165, 1.54) is 38.9 Å². The second-order valence-corrected chi connectivity index (χ2v) is 15.8. The number of fused-ring (bicyclic) bond motifs is 1. The van der Waals surface area contributed by atoms with Crippen LogP contribution in [0.5, 0.6) is 11.6 Å². The molecule has 0 saturated heterocycles. The number of hydrogen-bond acceptors (Lipinski definition) is 8. The second kappa shape index (κ2) is 17.2. The van der Waals surface area contributed by atoms with Gasteiger partial charge in [-0.15, -0.1) is 0 Å². The highest BCUT2D eigenvalue weighted by atomic mass is 32.2. The molecular weight excluding hydrogens is 695 g/mol. The summed E-state index contributed by atoms with van der Waals surface area (Å²) in [4.78, 5) is 32.8. The number of carbonyl (C=O) groups excluding carboxylic acids is 1. The molecule has 0 unspecified atom stereocenters. The van der Waals surface area contributed by atoms with Crippen LogP contribution in [0.4, 0.5) is 0 Å². The van der Waals surface area contributed by atoms with Crippen LogP contribution in [0.25, 0.3) is 10.9 Å². The van der Waals surface area contributed by atoms with E-state index in [4.69, 9.17) is 4.74 Å². The molecule has 0 saturated carbocycles. The Morgan fingerprint density at radius 3 is 2.30 bits per heavy atom. The van der Waals surface area contributed by atoms with Crippen molar-refractivity contribution >= 4 is 26.8 Å². The number of aliphatic hydroxyl groups is 1. The standard InChI is InChI=1S/C40H49N5O7S/c1-6-28(4)38(45-26-37(47)44(40(45)49)24-30-20-21-41-34-15-11-10-14-33(30)34)39(48)42-35(22-29-12-8-7-9-13-29)36(46)25-43(23-27(2)3)53(50,51)32-18-16-31(52-5)17-19-32/h7-21,26-28,35-36,38,46-47H,6,22-25H2,1-5H3,(H,42,48)/t28-,35-,36+,38-/m0/s1. The zero-order valence-corrected chi connectivity index (χ0v) is 31.6. The minimum atomic E-state index is -4.05. The Morgan fingerprint density at radius 1 is 0.962 bits per heavy atom. The van der Waals surface area contributed by atoms with Gasteiger partial charge >= 0.3 is 5.69 Å². The van der Waals surface area contributed by atoms with E-state index >= 15 is 0 Å². The van der Waals surface area contributed by atoms with Gasteiger partial charge in [0.2, 0.25) is 21.8 Å². The lowest BCUT2D eigenvalue weighted by Crippen LogP contribution is -2.53. The van der Waals surface area contributed by atoms with Crippen molar-refractivity contribution in [1.29, 1.82) is 0 Å². The van der Waals surface area contributed by atoms with Crippen molar-refractivity contribution in [1.82, 2.24) is 23.7 Å². The topological polar surface area (TPSA) is 156 Å². The first kappa shape index (κ1) is 39.2. The highest BCUT2D eigenvalue weighted by Gasteiger charge is 2.35. The SMILES string of the molecule is CC[C@H](C)[C@@H](C(=O)N[C@@H](Cc1ccccc1)[C@H](O)CN(CC(C)C)S(=O)(=O)c1ccc(OC)cc1)n1cc(O)n(Cc2ccnc3ccccc23)c1=O. The molecule has 13 heteroatoms. The smallest absolute Gasteiger partial charge is 0.332 e. The Bertz CT molecular complexity index is 2140. The molecule has 0 aliphatic rings. The number of rotatable bonds is 17. The molecule has 4 atom stereocenters. The van der Waals surface area contributed by atoms with Gasteiger partial charge < -0.3 is 20.3 Å². The Labute approximate surface area is 310 Å². The van der Waals surface area contributed by atoms with E-state index in [-0.39, 0.29) is 48.7 Å². The molecular formula is C40H49N5O7S. The number of hydrogen-bond donors (Lipinski definition) is 3. The molecule has 0 radical (unpaired) electrons. The lowest BCUT2D eigenvalue weighted by molar-refractivity contribution is -0.127. The van der Waals surface area contributed by atoms with Crippen LogP contribution >= 0.6 is 0 Å². The van der Waals surface area contributed by atoms with Gasteiger partial charge in [0.1, 0.15) is 11.8 Å². The maximum atomic E-state index is 14.4. The van der Waals surface area contributed by atoms with E-state index in [1.54, 1.807) is 24.4 Å². The quantitative estimate of drug-likeness (QED) is 0.120. The highest BCUT2D eigenvalue weighted by Crippen LogP contribution is 2.26. The predicted octanol–water partition coefficient (Wildman–Crippen LogP) is 4.98. The third-order valence-electron chi connectivity index (χ3n) is 9.55. The number of benzene rings is 3. The number of aromatic nitrogens is 3. The number of aliphatic hydroxyl groups excluding tert-OH is 1. The van der Waals surface area contributed by atoms with Crippen molar-refractivity contribution in [2.75, 3.05) is 20.2 Å². The number of imidazole rings is 1. The summed E-state index contributed by atoms with van der Waals surface area (Å²) < 4.78 is 36.7. The fourth-order valence-corrected chi connectivity index (χ4v) is 8.13. The van der Waals surface area contributed by atoms with Crippen molar-refractivity contribution in [2.24, 2.45) is 11.8 Å². The van der Waals surface area contributed by atoms with E-state index in [0.29, 0.717) is 12.2 Å². The van der Waals surface area contributed by atoms with E-state index < -0.39 is 39.8 Å². The van der Waals surface area contributed by atoms with E-state index in [2.05, 4.69) is 10.3 Å². The number of para-hydroxylation sites is 1. The zero-order chi connectivity index (χ0) is 38.3. The van der Waals surface area contributed by atoms with Crippen LogP contribution in [0.3, 0.4) is 0 Å². The predicted molar refractivity (Wildman–Crippen MR) is 204 cm³/mol. The molecule has 0 fully saturated rings. The van der Waals surface area contributed by atoms with Gasteiger partial charge in [0.15, 0.2) is 0 Å². The van der Waals surface area contributed by atoms with E-state index in [9.17, 15) is 28.2 Å². The van der Waals surface area contributed by atoms with Gasteiger partial charge in [-0.3, -0.25) is 18.9 Å². The van der Waals surface area contributed by atoms with Crippen LogP contribution in [0.2, 0.25) is 0 Å². The molecule has 282 valence electrons. The molecule has 0 bridgehead atoms. The Balaban J connectivity index is 1.46. The van der Waals surface area contributed by atoms with Gasteiger partial charge in [0.05, 0.1) is 42.4 Å². The van der Waals surface area contributed by atoms with Crippen molar-refractivity contribution < 1.29 is 28.2 Å². The fourth-order valence-electron chi connectivity index (χ4n) is 6.51. The monoisotopic (exact) mass is 743 g/mol. The van der Waals surface area contributed by atoms with Gasteiger partial charge in [-0.25, -0.2) is 13.2 Å². The number of nitrogens with zero attached hydrogens (tertiary/aromatic N) is 4. The van der Waals surface area contributed by atoms with Crippen LogP contribution in [0, 0.1) is 11.8 Å². The molecule has 2 aromatic heterocycles. The number of aromatic hydroxyl groups is 1. The third kappa shape index (κ3) is 9.16. The summed E-state index contributed by atoms with van der Waals surface area (Å²) in [6.45, 7) is 7.41. The molecule has 0 spiro atoms. The van der Waals surface area contributed by atoms with E-state index in [1.807, 2.05) is 82.3 Å². The largest absolute Gasteiger partial charge is 0.497 e. The number of methoxy groups -OCH3 is 1. The number of ether oxygens (including phenoxy) is 1. The Hall–Kier alpha value is -4.98. The van der Waals surface area contributed by atoms with Gasteiger partial charge in [-0.1, -0.05) is 82.6 Å². The Kier molecular flexibility index (Phi) is 12.8. The van der Waals surface area contributed by atoms with Crippen LogP contribution in [0.15, 0.2) is 107 Å². The minimum Gasteiger partial charge on any atom is -0.497 e. The summed E-state index contributed by atoms with van der Waals surface area (Å²) in [5, 5.41) is 26.7. The summed E-state index contributed by atoms with van der Waals surface area (Å²) in [5.41, 5.74) is 1.77. The molecule has 3 aromatic carbocycles. The van der Waals surface area contributed by atoms with Crippen molar-refractivity contribution in [3.05, 3.63) is 119 Å². The maximum Gasteiger partial charge on any atom is 0.332 e. The number of sulfonamides is 1. The highest BCUT2D eigenvalue weighted by molar-refractivity contribution is 7.89. The van der Waals surface area contributed by atoms with Gasteiger partial charge in [0, 0.05) is 24.7 Å². The first-order valence-corrected chi connectivity index (χ1v) is 19.3. The first-order chi connectivity index (χ1) is 25.3. The molecule has 0 aliphatic carbocycles. The number of nitrogens with one attached hydrogen (secondary N) is 1. The minimum absolute atomic E-state index is 0.0510. The number of carbonyl (C=O) groups is 1. The lowest BCUT2D eigenvalue weighted by Gasteiger charge is -2.32. The first-order valence-electron chi connectivity index (χ1n) is 17.8. The van der Waals surface area contributed by atoms with Crippen molar-refractivity contribution in [2.45, 2.75) is 70.2 Å². The number of pyridine rings is 1. The third-order valence-corrected chi connectivity index (χ3v) is 11.4. The zero-order valence-electron chi connectivity index (χ0n) is 30.8. The molecule has 12 nitrogen and oxygen atoms in total. The van der Waals surface area contributed by atoms with Gasteiger partial charge in [-0.2, -0.15) is 4.31 Å². The maximum absolute atomic E-state index is 14.4. The average Bonchev–Trinajstić information content (AvgIpc) is 3.42. The molecule has 2 heterocycles. The van der Waals surface area contributed by atoms with Crippen molar-refractivity contribution in [3.63, 3.8) is 0 Å². The molecule has 1 amide bonds. The summed E-state index contributed by atoms with van der Waals surface area (Å²) in [6, 6.07) is 22.7. The van der Waals surface area contributed by atoms with Gasteiger partial charge in [0.25, 0.3) is 0 Å². The molecule has 53 heavy (non-hydrogen) atoms. The molecule has 0 aliphatic heterocycles. The average molecular weight is 744 g/mol. The van der Waals surface area contributed by atoms with Crippen LogP contribution in [-0.4, -0.2) is 75.3 Å². The summed E-state index contributed by atoms with van der Waals surface area (Å²) in [6.07, 6.45) is 2.30. The fraction of sp³-hybridized carbons (Fsp3) is 0.375. The Morgan fingerprint density at radius 2 is 1.64 bits per heavy atom. The normalized spacial score (nSPS) is 14.3. The van der Waals surface area contributed by atoms with Crippen LogP contribution in [-0.2, 0) is 27.8 Å². The summed E-state index contributed by atoms with van der Waals surface area (Å²) in [7, 11) is -2.55. The number of amides is 1. The van der Waals surface area contributed by atoms with E-state index in [0.717, 1.165) is 22.0 Å². The van der Waals surface area contributed by atoms with Crippen molar-refractivity contribution in [3.8, 4) is 11.6 Å². The summed E-state index contributed by atoms with van der Waals surface area (Å²) in [5.74, 6) is -0.755. The second-order valence-electron chi connectivity index (χ2n) is 13.8. The molecule has 3 N–H and O–H groups in total. The lowest BCUT2D eigenvalue weighted by atomic mass is 9.96. The molecule has 5 rings (SSSR count). The summed E-state index contributed by atoms with van der Waals surface area (Å²) >= 11 is 0. The van der Waals surface area contributed by atoms with Crippen LogP contribution < -0.4 is 15.7 Å². The van der Waals surface area contributed by atoms with Crippen LogP contribution in [0.1, 0.15) is 51.3 Å². The molecule has 5 aromatic rings.